The number of carbonyl (C=O) groups excluding carboxylic acids is 1. The van der Waals surface area contributed by atoms with E-state index >= 15 is 0 Å². The Bertz CT molecular complexity index is 797. The monoisotopic (exact) mass is 521 g/mol. The molecule has 0 heterocycles. The first-order valence-corrected chi connectivity index (χ1v) is 15.0. The number of carbonyl (C=O) groups is 1. The van der Waals surface area contributed by atoms with Gasteiger partial charge in [0.05, 0.1) is 0 Å². The molecule has 0 saturated carbocycles. The van der Waals surface area contributed by atoms with E-state index in [2.05, 4.69) is 62.9 Å². The first kappa shape index (κ1) is 33.5. The van der Waals surface area contributed by atoms with E-state index in [0.29, 0.717) is 35.8 Å². The minimum Gasteiger partial charge on any atom is -0.508 e. The fourth-order valence-electron chi connectivity index (χ4n) is 5.09. The van der Waals surface area contributed by atoms with Crippen LogP contribution < -0.4 is 5.32 Å². The highest BCUT2D eigenvalue weighted by Crippen LogP contribution is 2.27. The molecule has 4 unspecified atom stereocenters. The topological polar surface area (TPSA) is 49.3 Å². The molecule has 1 amide bonds. The van der Waals surface area contributed by atoms with Crippen LogP contribution in [0.5, 0.6) is 5.75 Å². The molecule has 3 nitrogen and oxygen atoms in total. The van der Waals surface area contributed by atoms with E-state index in [0.717, 1.165) is 32.1 Å². The van der Waals surface area contributed by atoms with Crippen LogP contribution in [0, 0.1) is 23.7 Å². The van der Waals surface area contributed by atoms with Gasteiger partial charge < -0.3 is 10.4 Å². The molecule has 0 fully saturated rings. The third kappa shape index (κ3) is 15.0. The molecule has 0 aromatic heterocycles. The minimum absolute atomic E-state index is 0.0936. The van der Waals surface area contributed by atoms with E-state index in [4.69, 9.17) is 0 Å². The Labute approximate surface area is 234 Å². The van der Waals surface area contributed by atoms with Crippen molar-refractivity contribution in [1.82, 2.24) is 5.32 Å². The Balaban J connectivity index is 2.27. The Morgan fingerprint density at radius 2 is 1.11 bits per heavy atom. The molecule has 1 aromatic rings. The smallest absolute Gasteiger partial charge is 0.251 e. The number of nitrogens with one attached hydrogen (secondary N) is 1. The van der Waals surface area contributed by atoms with Crippen LogP contribution in [0.3, 0.4) is 0 Å². The van der Waals surface area contributed by atoms with E-state index < -0.39 is 0 Å². The zero-order chi connectivity index (χ0) is 28.0. The van der Waals surface area contributed by atoms with Gasteiger partial charge in [0.2, 0.25) is 0 Å². The number of aromatic hydroxyl groups is 1. The van der Waals surface area contributed by atoms with Crippen molar-refractivity contribution >= 4 is 5.91 Å². The maximum Gasteiger partial charge on any atom is 0.251 e. The molecule has 1 rings (SSSR count). The summed E-state index contributed by atoms with van der Waals surface area (Å²) in [4.78, 5) is 12.2. The van der Waals surface area contributed by atoms with Gasteiger partial charge in [-0.05, 0) is 106 Å². The third-order valence-electron chi connectivity index (χ3n) is 7.90. The molecule has 0 spiro atoms. The van der Waals surface area contributed by atoms with Crippen LogP contribution in [-0.2, 0) is 0 Å². The molecule has 0 bridgehead atoms. The zero-order valence-electron chi connectivity index (χ0n) is 24.2. The molecular formula is C35H55NO2. The van der Waals surface area contributed by atoms with Crippen LogP contribution in [0.1, 0.15) is 107 Å². The van der Waals surface area contributed by atoms with E-state index in [-0.39, 0.29) is 11.7 Å². The number of hydrogen-bond donors (Lipinski definition) is 2. The molecule has 2 N–H and O–H groups in total. The molecular weight excluding hydrogens is 466 g/mol. The summed E-state index contributed by atoms with van der Waals surface area (Å²) >= 11 is 0. The lowest BCUT2D eigenvalue weighted by molar-refractivity contribution is 0.0953. The molecule has 1 aromatic carbocycles. The van der Waals surface area contributed by atoms with E-state index in [9.17, 15) is 9.90 Å². The average Bonchev–Trinajstić information content (AvgIpc) is 2.94. The van der Waals surface area contributed by atoms with Gasteiger partial charge in [0.25, 0.3) is 5.91 Å². The van der Waals surface area contributed by atoms with Crippen molar-refractivity contribution in [1.29, 1.82) is 0 Å². The van der Waals surface area contributed by atoms with Crippen molar-refractivity contribution in [3.63, 3.8) is 0 Å². The maximum absolute atomic E-state index is 12.2. The Morgan fingerprint density at radius 3 is 1.53 bits per heavy atom. The lowest BCUT2D eigenvalue weighted by atomic mass is 9.85. The standard InChI is InChI=1S/C35H55NO2/c1-6-11-12-13-16-29(7-2)18-20-31(9-4)22-23-32(10-5)21-19-30(8-3)17-14-15-28-36-35(38)33-24-26-34(37)27-25-33/h7-10,24-27,29-32,37H,2-6,11-23,28H2,1H3,(H,36,38). The van der Waals surface area contributed by atoms with E-state index in [1.54, 1.807) is 12.1 Å². The first-order chi connectivity index (χ1) is 18.5. The molecule has 0 radical (unpaired) electrons. The largest absolute Gasteiger partial charge is 0.508 e. The number of phenols is 1. The van der Waals surface area contributed by atoms with Crippen LogP contribution >= 0.6 is 0 Å². The average molecular weight is 522 g/mol. The molecule has 0 aliphatic rings. The quantitative estimate of drug-likeness (QED) is 0.105. The van der Waals surface area contributed by atoms with Gasteiger partial charge in [0, 0.05) is 12.1 Å². The second kappa shape index (κ2) is 21.4. The van der Waals surface area contributed by atoms with Crippen LogP contribution in [-0.4, -0.2) is 17.6 Å². The third-order valence-corrected chi connectivity index (χ3v) is 7.90. The maximum atomic E-state index is 12.2. The Morgan fingerprint density at radius 1 is 0.684 bits per heavy atom. The number of amides is 1. The minimum atomic E-state index is -0.0936. The van der Waals surface area contributed by atoms with Crippen LogP contribution in [0.4, 0.5) is 0 Å². The number of hydrogen-bond acceptors (Lipinski definition) is 2. The second-order valence-electron chi connectivity index (χ2n) is 10.9. The van der Waals surface area contributed by atoms with Gasteiger partial charge in [-0.25, -0.2) is 0 Å². The number of unbranched alkanes of at least 4 members (excludes halogenated alkanes) is 4. The van der Waals surface area contributed by atoms with Crippen molar-refractivity contribution in [3.8, 4) is 5.75 Å². The van der Waals surface area contributed by atoms with Gasteiger partial charge in [0.1, 0.15) is 5.75 Å². The second-order valence-corrected chi connectivity index (χ2v) is 10.9. The van der Waals surface area contributed by atoms with Crippen molar-refractivity contribution < 1.29 is 9.90 Å². The van der Waals surface area contributed by atoms with Gasteiger partial charge in [0.15, 0.2) is 0 Å². The van der Waals surface area contributed by atoms with Crippen LogP contribution in [0.15, 0.2) is 74.9 Å². The normalized spacial score (nSPS) is 14.1. The molecule has 212 valence electrons. The van der Waals surface area contributed by atoms with Crippen LogP contribution in [0.2, 0.25) is 0 Å². The molecule has 0 aliphatic heterocycles. The number of rotatable bonds is 24. The highest BCUT2D eigenvalue weighted by Gasteiger charge is 2.14. The molecule has 3 heteroatoms. The number of benzene rings is 1. The van der Waals surface area contributed by atoms with Crippen LogP contribution in [0.25, 0.3) is 0 Å². The summed E-state index contributed by atoms with van der Waals surface area (Å²) in [5, 5.41) is 12.3. The van der Waals surface area contributed by atoms with E-state index in [1.807, 2.05) is 0 Å². The van der Waals surface area contributed by atoms with Crippen molar-refractivity contribution in [2.75, 3.05) is 6.54 Å². The molecule has 4 atom stereocenters. The number of phenolic OH excluding ortho intramolecular Hbond substituents is 1. The summed E-state index contributed by atoms with van der Waals surface area (Å²) in [5.41, 5.74) is 0.573. The van der Waals surface area contributed by atoms with Gasteiger partial charge >= 0.3 is 0 Å². The van der Waals surface area contributed by atoms with Gasteiger partial charge in [-0.2, -0.15) is 0 Å². The highest BCUT2D eigenvalue weighted by atomic mass is 16.3. The summed E-state index contributed by atoms with van der Waals surface area (Å²) in [7, 11) is 0. The van der Waals surface area contributed by atoms with Crippen molar-refractivity contribution in [2.24, 2.45) is 23.7 Å². The van der Waals surface area contributed by atoms with Crippen molar-refractivity contribution in [3.05, 3.63) is 80.4 Å². The summed E-state index contributed by atoms with van der Waals surface area (Å²) < 4.78 is 0. The lowest BCUT2D eigenvalue weighted by Gasteiger charge is -2.20. The number of allylic oxidation sites excluding steroid dienone is 4. The first-order valence-electron chi connectivity index (χ1n) is 15.0. The Hall–Kier alpha value is -2.55. The summed E-state index contributed by atoms with van der Waals surface area (Å²) in [6, 6.07) is 6.34. The molecule has 0 saturated heterocycles. The molecule has 38 heavy (non-hydrogen) atoms. The van der Waals surface area contributed by atoms with Gasteiger partial charge in [-0.3, -0.25) is 4.79 Å². The Kier molecular flexibility index (Phi) is 18.8. The fourth-order valence-corrected chi connectivity index (χ4v) is 5.09. The highest BCUT2D eigenvalue weighted by molar-refractivity contribution is 5.94. The lowest BCUT2D eigenvalue weighted by Crippen LogP contribution is -2.24. The SMILES string of the molecule is C=CC(CCCCCC)CCC(C=C)CCC(C=C)CCC(C=C)CCCCNC(=O)c1ccc(O)cc1. The summed E-state index contributed by atoms with van der Waals surface area (Å²) in [6.45, 7) is 19.3. The van der Waals surface area contributed by atoms with Crippen molar-refractivity contribution in [2.45, 2.75) is 96.8 Å². The summed E-state index contributed by atoms with van der Waals surface area (Å²) in [5.74, 6) is 2.32. The predicted octanol–water partition coefficient (Wildman–Crippen LogP) is 9.81. The summed E-state index contributed by atoms with van der Waals surface area (Å²) in [6.07, 6.45) is 25.3. The molecule has 0 aliphatic carbocycles. The van der Waals surface area contributed by atoms with E-state index in [1.165, 1.54) is 69.9 Å². The van der Waals surface area contributed by atoms with Gasteiger partial charge in [-0.15, -0.1) is 26.3 Å². The predicted molar refractivity (Wildman–Crippen MR) is 165 cm³/mol. The fraction of sp³-hybridized carbons (Fsp3) is 0.571. The van der Waals surface area contributed by atoms with Gasteiger partial charge in [-0.1, -0.05) is 63.3 Å². The zero-order valence-corrected chi connectivity index (χ0v) is 24.2.